The van der Waals surface area contributed by atoms with Crippen LogP contribution in [-0.2, 0) is 4.79 Å². The molecule has 0 N–H and O–H groups in total. The highest BCUT2D eigenvalue weighted by atomic mass is 16.1. The van der Waals surface area contributed by atoms with E-state index >= 15 is 0 Å². The van der Waals surface area contributed by atoms with Gasteiger partial charge in [-0.3, -0.25) is 4.79 Å². The summed E-state index contributed by atoms with van der Waals surface area (Å²) in [5, 5.41) is 0. The zero-order valence-electron chi connectivity index (χ0n) is 8.38. The molecule has 1 rings (SSSR count). The molecule has 0 aliphatic heterocycles. The summed E-state index contributed by atoms with van der Waals surface area (Å²) >= 11 is 0. The average Bonchev–Trinajstić information content (AvgIpc) is 2.15. The molecule has 0 radical (unpaired) electrons. The molecular weight excluding hydrogens is 160 g/mol. The Morgan fingerprint density at radius 1 is 1.46 bits per heavy atom. The lowest BCUT2D eigenvalue weighted by atomic mass is 9.77. The van der Waals surface area contributed by atoms with Gasteiger partial charge in [0.2, 0.25) is 0 Å². The fourth-order valence-corrected chi connectivity index (χ4v) is 2.18. The van der Waals surface area contributed by atoms with Crippen LogP contribution in [0.2, 0.25) is 0 Å². The largest absolute Gasteiger partial charge is 0.299 e. The first-order chi connectivity index (χ1) is 6.25. The van der Waals surface area contributed by atoms with Crippen molar-refractivity contribution in [3.05, 3.63) is 0 Å². The highest BCUT2D eigenvalue weighted by molar-refractivity contribution is 5.81. The van der Waals surface area contributed by atoms with E-state index < -0.39 is 0 Å². The van der Waals surface area contributed by atoms with Crippen LogP contribution in [0, 0.1) is 24.2 Å². The molecule has 13 heavy (non-hydrogen) atoms. The first-order valence-corrected chi connectivity index (χ1v) is 5.22. The molecule has 0 aromatic carbocycles. The Hall–Kier alpha value is -0.770. The van der Waals surface area contributed by atoms with Gasteiger partial charge in [-0.05, 0) is 12.3 Å². The second kappa shape index (κ2) is 5.07. The summed E-state index contributed by atoms with van der Waals surface area (Å²) in [5.41, 5.74) is 0. The maximum absolute atomic E-state index is 11.7. The van der Waals surface area contributed by atoms with Crippen LogP contribution in [0.4, 0.5) is 0 Å². The molecule has 1 heteroatoms. The fourth-order valence-electron chi connectivity index (χ4n) is 2.18. The van der Waals surface area contributed by atoms with E-state index in [9.17, 15) is 4.79 Å². The first-order valence-electron chi connectivity index (χ1n) is 5.22. The molecule has 2 atom stereocenters. The molecule has 72 valence electrons. The molecule has 1 aliphatic rings. The van der Waals surface area contributed by atoms with Gasteiger partial charge in [0.15, 0.2) is 0 Å². The predicted octanol–water partition coefficient (Wildman–Crippen LogP) is 2.80. The van der Waals surface area contributed by atoms with Gasteiger partial charge in [-0.25, -0.2) is 0 Å². The number of hydrogen-bond acceptors (Lipinski definition) is 1. The standard InChI is InChI=1S/C12H18O/c1-3-4-9-12(13)11-8-6-5-7-10(11)2/h1,10-11H,4-9H2,2H3. The smallest absolute Gasteiger partial charge is 0.137 e. The van der Waals surface area contributed by atoms with Gasteiger partial charge in [-0.2, -0.15) is 0 Å². The molecule has 1 nitrogen and oxygen atoms in total. The average molecular weight is 178 g/mol. The summed E-state index contributed by atoms with van der Waals surface area (Å²) in [6, 6.07) is 0. The molecule has 0 aromatic heterocycles. The Morgan fingerprint density at radius 2 is 2.15 bits per heavy atom. The van der Waals surface area contributed by atoms with Crippen LogP contribution in [-0.4, -0.2) is 5.78 Å². The summed E-state index contributed by atoms with van der Waals surface area (Å²) in [4.78, 5) is 11.7. The van der Waals surface area contributed by atoms with Crippen LogP contribution in [0.25, 0.3) is 0 Å². The second-order valence-electron chi connectivity index (χ2n) is 4.04. The van der Waals surface area contributed by atoms with Crippen molar-refractivity contribution in [1.29, 1.82) is 0 Å². The van der Waals surface area contributed by atoms with Crippen LogP contribution in [0.1, 0.15) is 45.4 Å². The van der Waals surface area contributed by atoms with Crippen molar-refractivity contribution in [2.24, 2.45) is 11.8 Å². The molecule has 1 aliphatic carbocycles. The van der Waals surface area contributed by atoms with Gasteiger partial charge in [0, 0.05) is 18.8 Å². The van der Waals surface area contributed by atoms with Crippen molar-refractivity contribution in [3.8, 4) is 12.3 Å². The van der Waals surface area contributed by atoms with E-state index in [1.165, 1.54) is 19.3 Å². The first kappa shape index (κ1) is 10.3. The van der Waals surface area contributed by atoms with Crippen molar-refractivity contribution in [3.63, 3.8) is 0 Å². The molecule has 0 heterocycles. The van der Waals surface area contributed by atoms with Gasteiger partial charge in [0.25, 0.3) is 0 Å². The van der Waals surface area contributed by atoms with Crippen LogP contribution < -0.4 is 0 Å². The van der Waals surface area contributed by atoms with Gasteiger partial charge < -0.3 is 0 Å². The molecule has 0 amide bonds. The molecule has 0 spiro atoms. The van der Waals surface area contributed by atoms with Gasteiger partial charge in [0.1, 0.15) is 5.78 Å². The minimum atomic E-state index is 0.307. The third-order valence-electron chi connectivity index (χ3n) is 3.04. The third kappa shape index (κ3) is 2.88. The van der Waals surface area contributed by atoms with Crippen LogP contribution in [0.3, 0.4) is 0 Å². The molecule has 0 saturated heterocycles. The Morgan fingerprint density at radius 3 is 2.77 bits per heavy atom. The molecule has 0 aromatic rings. The third-order valence-corrected chi connectivity index (χ3v) is 3.04. The SMILES string of the molecule is C#CCCC(=O)C1CCCCC1C. The van der Waals surface area contributed by atoms with Crippen molar-refractivity contribution in [2.75, 3.05) is 0 Å². The van der Waals surface area contributed by atoms with E-state index in [-0.39, 0.29) is 0 Å². The molecule has 2 unspecified atom stereocenters. The van der Waals surface area contributed by atoms with Crippen molar-refractivity contribution < 1.29 is 4.79 Å². The quantitative estimate of drug-likeness (QED) is 0.607. The molecule has 0 bridgehead atoms. The molecule has 1 saturated carbocycles. The van der Waals surface area contributed by atoms with Gasteiger partial charge in [-0.1, -0.05) is 26.2 Å². The number of ketones is 1. The number of terminal acetylenes is 1. The van der Waals surface area contributed by atoms with Gasteiger partial charge >= 0.3 is 0 Å². The normalized spacial score (nSPS) is 28.0. The zero-order valence-corrected chi connectivity index (χ0v) is 8.38. The van der Waals surface area contributed by atoms with Crippen LogP contribution in [0.15, 0.2) is 0 Å². The van der Waals surface area contributed by atoms with E-state index in [0.29, 0.717) is 30.5 Å². The summed E-state index contributed by atoms with van der Waals surface area (Å²) in [6.45, 7) is 2.19. The topological polar surface area (TPSA) is 17.1 Å². The van der Waals surface area contributed by atoms with Crippen molar-refractivity contribution in [1.82, 2.24) is 0 Å². The molecule has 1 fully saturated rings. The monoisotopic (exact) mass is 178 g/mol. The van der Waals surface area contributed by atoms with Gasteiger partial charge in [-0.15, -0.1) is 12.3 Å². The van der Waals surface area contributed by atoms with E-state index in [0.717, 1.165) is 6.42 Å². The number of hydrogen-bond donors (Lipinski definition) is 0. The lowest BCUT2D eigenvalue weighted by Gasteiger charge is -2.27. The van der Waals surface area contributed by atoms with Crippen LogP contribution in [0.5, 0.6) is 0 Å². The van der Waals surface area contributed by atoms with Gasteiger partial charge in [0.05, 0.1) is 0 Å². The summed E-state index contributed by atoms with van der Waals surface area (Å²) in [6.07, 6.45) is 11.2. The lowest BCUT2D eigenvalue weighted by Crippen LogP contribution is -2.25. The maximum Gasteiger partial charge on any atom is 0.137 e. The van der Waals surface area contributed by atoms with E-state index in [2.05, 4.69) is 12.8 Å². The van der Waals surface area contributed by atoms with E-state index in [1.54, 1.807) is 0 Å². The number of rotatable bonds is 3. The van der Waals surface area contributed by atoms with Crippen molar-refractivity contribution >= 4 is 5.78 Å². The number of Topliss-reactive ketones (excluding diaryl/α,β-unsaturated/α-hetero) is 1. The Bertz CT molecular complexity index is 212. The molecular formula is C12H18O. The summed E-state index contributed by atoms with van der Waals surface area (Å²) in [5.74, 6) is 3.82. The van der Waals surface area contributed by atoms with Crippen molar-refractivity contribution in [2.45, 2.75) is 45.4 Å². The lowest BCUT2D eigenvalue weighted by molar-refractivity contribution is -0.125. The predicted molar refractivity (Wildman–Crippen MR) is 54.2 cm³/mol. The maximum atomic E-state index is 11.7. The number of carbonyl (C=O) groups is 1. The zero-order chi connectivity index (χ0) is 9.68. The summed E-state index contributed by atoms with van der Waals surface area (Å²) in [7, 11) is 0. The van der Waals surface area contributed by atoms with E-state index in [4.69, 9.17) is 6.42 Å². The minimum Gasteiger partial charge on any atom is -0.299 e. The highest BCUT2D eigenvalue weighted by Gasteiger charge is 2.26. The fraction of sp³-hybridized carbons (Fsp3) is 0.750. The summed E-state index contributed by atoms with van der Waals surface area (Å²) < 4.78 is 0. The number of carbonyl (C=O) groups excluding carboxylic acids is 1. The minimum absolute atomic E-state index is 0.307. The second-order valence-corrected chi connectivity index (χ2v) is 4.04. The van der Waals surface area contributed by atoms with E-state index in [1.807, 2.05) is 0 Å². The van der Waals surface area contributed by atoms with Crippen LogP contribution >= 0.6 is 0 Å². The Kier molecular flexibility index (Phi) is 4.02. The highest BCUT2D eigenvalue weighted by Crippen LogP contribution is 2.30. The Balaban J connectivity index is 2.40. The Labute approximate surface area is 80.9 Å².